The van der Waals surface area contributed by atoms with E-state index in [2.05, 4.69) is 4.98 Å². The topological polar surface area (TPSA) is 48.1 Å². The van der Waals surface area contributed by atoms with Crippen LogP contribution in [0.1, 0.15) is 17.3 Å². The Labute approximate surface area is 115 Å². The molecule has 0 aliphatic rings. The van der Waals surface area contributed by atoms with Gasteiger partial charge in [-0.2, -0.15) is 0 Å². The predicted octanol–water partition coefficient (Wildman–Crippen LogP) is 3.45. The molecule has 94 valence electrons. The maximum absolute atomic E-state index is 6.14. The van der Waals surface area contributed by atoms with E-state index in [-0.39, 0.29) is 6.04 Å². The fourth-order valence-corrected chi connectivity index (χ4v) is 1.92. The van der Waals surface area contributed by atoms with Crippen molar-refractivity contribution in [2.24, 2.45) is 5.73 Å². The van der Waals surface area contributed by atoms with Crippen molar-refractivity contribution in [2.75, 3.05) is 7.11 Å². The van der Waals surface area contributed by atoms with E-state index >= 15 is 0 Å². The Kier molecular flexibility index (Phi) is 4.07. The maximum atomic E-state index is 6.14. The summed E-state index contributed by atoms with van der Waals surface area (Å²) >= 11 is 11.8. The first-order valence-electron chi connectivity index (χ1n) is 5.32. The molecule has 0 amide bonds. The predicted molar refractivity (Wildman–Crippen MR) is 73.3 cm³/mol. The average molecular weight is 283 g/mol. The van der Waals surface area contributed by atoms with Crippen LogP contribution in [0.25, 0.3) is 0 Å². The second-order valence-electron chi connectivity index (χ2n) is 3.77. The van der Waals surface area contributed by atoms with Crippen molar-refractivity contribution in [3.63, 3.8) is 0 Å². The molecular formula is C13H12Cl2N2O. The fourth-order valence-electron chi connectivity index (χ4n) is 1.61. The molecule has 1 aromatic heterocycles. The molecule has 1 heterocycles. The van der Waals surface area contributed by atoms with Gasteiger partial charge in [0.1, 0.15) is 5.75 Å². The molecule has 0 aliphatic carbocycles. The largest absolute Gasteiger partial charge is 0.495 e. The summed E-state index contributed by atoms with van der Waals surface area (Å²) in [4.78, 5) is 4.20. The Morgan fingerprint density at radius 2 is 2.00 bits per heavy atom. The van der Waals surface area contributed by atoms with Crippen LogP contribution < -0.4 is 10.5 Å². The quantitative estimate of drug-likeness (QED) is 0.938. The van der Waals surface area contributed by atoms with Crippen LogP contribution in [0.5, 0.6) is 5.75 Å². The monoisotopic (exact) mass is 282 g/mol. The molecule has 0 radical (unpaired) electrons. The molecule has 0 saturated heterocycles. The van der Waals surface area contributed by atoms with E-state index in [0.29, 0.717) is 15.8 Å². The zero-order valence-corrected chi connectivity index (χ0v) is 11.2. The van der Waals surface area contributed by atoms with Crippen LogP contribution in [0.3, 0.4) is 0 Å². The van der Waals surface area contributed by atoms with Gasteiger partial charge in [0, 0.05) is 6.20 Å². The third kappa shape index (κ3) is 2.75. The summed E-state index contributed by atoms with van der Waals surface area (Å²) in [5.74, 6) is 0.596. The molecule has 1 unspecified atom stereocenters. The Hall–Kier alpha value is -1.29. The van der Waals surface area contributed by atoms with E-state index in [1.54, 1.807) is 31.5 Å². The Morgan fingerprint density at radius 3 is 2.61 bits per heavy atom. The zero-order valence-electron chi connectivity index (χ0n) is 9.73. The first-order valence-corrected chi connectivity index (χ1v) is 6.08. The van der Waals surface area contributed by atoms with Crippen molar-refractivity contribution < 1.29 is 4.74 Å². The fraction of sp³-hybridized carbons (Fsp3) is 0.154. The van der Waals surface area contributed by atoms with E-state index in [4.69, 9.17) is 33.7 Å². The normalized spacial score (nSPS) is 12.2. The standard InChI is InChI=1S/C13H12Cl2N2O/c1-18-12-6-8(2-4-10(12)15)13(16)11-5-3-9(14)7-17-11/h2-7,13H,16H2,1H3. The molecule has 2 N–H and O–H groups in total. The molecule has 5 heteroatoms. The molecule has 0 aliphatic heterocycles. The third-order valence-corrected chi connectivity index (χ3v) is 3.14. The summed E-state index contributed by atoms with van der Waals surface area (Å²) in [5.41, 5.74) is 7.76. The van der Waals surface area contributed by atoms with E-state index < -0.39 is 0 Å². The number of nitrogens with two attached hydrogens (primary N) is 1. The molecule has 2 rings (SSSR count). The summed E-state index contributed by atoms with van der Waals surface area (Å²) in [7, 11) is 1.57. The van der Waals surface area contributed by atoms with Gasteiger partial charge in [0.25, 0.3) is 0 Å². The number of halogens is 2. The van der Waals surface area contributed by atoms with Crippen LogP contribution in [0.15, 0.2) is 36.5 Å². The number of ether oxygens (including phenoxy) is 1. The van der Waals surface area contributed by atoms with Crippen molar-refractivity contribution in [3.05, 3.63) is 57.8 Å². The van der Waals surface area contributed by atoms with Crippen LogP contribution in [0.2, 0.25) is 10.0 Å². The third-order valence-electron chi connectivity index (χ3n) is 2.60. The van der Waals surface area contributed by atoms with Crippen LogP contribution >= 0.6 is 23.2 Å². The lowest BCUT2D eigenvalue weighted by Gasteiger charge is -2.13. The zero-order chi connectivity index (χ0) is 13.1. The number of rotatable bonds is 3. The van der Waals surface area contributed by atoms with Crippen molar-refractivity contribution in [3.8, 4) is 5.75 Å². The molecule has 3 nitrogen and oxygen atoms in total. The Balaban J connectivity index is 2.33. The van der Waals surface area contributed by atoms with Crippen LogP contribution in [-0.4, -0.2) is 12.1 Å². The highest BCUT2D eigenvalue weighted by Crippen LogP contribution is 2.29. The minimum atomic E-state index is -0.339. The summed E-state index contributed by atoms with van der Waals surface area (Å²) in [6, 6.07) is 8.64. The lowest BCUT2D eigenvalue weighted by atomic mass is 10.0. The van der Waals surface area contributed by atoms with Crippen molar-refractivity contribution in [1.29, 1.82) is 0 Å². The van der Waals surface area contributed by atoms with Crippen LogP contribution in [0, 0.1) is 0 Å². The molecule has 2 aromatic rings. The first kappa shape index (κ1) is 13.1. The summed E-state index contributed by atoms with van der Waals surface area (Å²) in [5, 5.41) is 1.14. The SMILES string of the molecule is COc1cc(C(N)c2ccc(Cl)cn2)ccc1Cl. The molecule has 1 aromatic carbocycles. The first-order chi connectivity index (χ1) is 8.61. The second kappa shape index (κ2) is 5.57. The van der Waals surface area contributed by atoms with Gasteiger partial charge in [-0.1, -0.05) is 29.3 Å². The van der Waals surface area contributed by atoms with Gasteiger partial charge in [-0.15, -0.1) is 0 Å². The molecule has 0 saturated carbocycles. The van der Waals surface area contributed by atoms with Crippen LogP contribution in [-0.2, 0) is 0 Å². The van der Waals surface area contributed by atoms with Crippen molar-refractivity contribution in [2.45, 2.75) is 6.04 Å². The molecule has 0 spiro atoms. The van der Waals surface area contributed by atoms with E-state index in [1.165, 1.54) is 0 Å². The Bertz CT molecular complexity index is 543. The van der Waals surface area contributed by atoms with E-state index in [1.807, 2.05) is 12.1 Å². The smallest absolute Gasteiger partial charge is 0.137 e. The molecular weight excluding hydrogens is 271 g/mol. The highest BCUT2D eigenvalue weighted by Gasteiger charge is 2.12. The van der Waals surface area contributed by atoms with Crippen LogP contribution in [0.4, 0.5) is 0 Å². The van der Waals surface area contributed by atoms with Gasteiger partial charge in [-0.3, -0.25) is 4.98 Å². The number of pyridine rings is 1. The lowest BCUT2D eigenvalue weighted by Crippen LogP contribution is -2.13. The maximum Gasteiger partial charge on any atom is 0.137 e. The number of methoxy groups -OCH3 is 1. The summed E-state index contributed by atoms with van der Waals surface area (Å²) < 4.78 is 5.16. The molecule has 18 heavy (non-hydrogen) atoms. The van der Waals surface area contributed by atoms with Crippen molar-refractivity contribution in [1.82, 2.24) is 4.98 Å². The van der Waals surface area contributed by atoms with Gasteiger partial charge < -0.3 is 10.5 Å². The Morgan fingerprint density at radius 1 is 1.22 bits per heavy atom. The summed E-state index contributed by atoms with van der Waals surface area (Å²) in [6.45, 7) is 0. The number of benzene rings is 1. The van der Waals surface area contributed by atoms with E-state index in [0.717, 1.165) is 11.3 Å². The van der Waals surface area contributed by atoms with Gasteiger partial charge in [0.05, 0.1) is 28.9 Å². The number of hydrogen-bond donors (Lipinski definition) is 1. The van der Waals surface area contributed by atoms with Crippen molar-refractivity contribution >= 4 is 23.2 Å². The van der Waals surface area contributed by atoms with Gasteiger partial charge in [-0.05, 0) is 29.8 Å². The molecule has 0 bridgehead atoms. The summed E-state index contributed by atoms with van der Waals surface area (Å²) in [6.07, 6.45) is 1.57. The minimum absolute atomic E-state index is 0.339. The highest BCUT2D eigenvalue weighted by molar-refractivity contribution is 6.32. The number of aromatic nitrogens is 1. The van der Waals surface area contributed by atoms with Gasteiger partial charge >= 0.3 is 0 Å². The number of nitrogens with zero attached hydrogens (tertiary/aromatic N) is 1. The molecule has 0 fully saturated rings. The minimum Gasteiger partial charge on any atom is -0.495 e. The van der Waals surface area contributed by atoms with Gasteiger partial charge in [0.2, 0.25) is 0 Å². The number of hydrogen-bond acceptors (Lipinski definition) is 3. The van der Waals surface area contributed by atoms with E-state index in [9.17, 15) is 0 Å². The molecule has 1 atom stereocenters. The average Bonchev–Trinajstić information content (AvgIpc) is 2.39. The second-order valence-corrected chi connectivity index (χ2v) is 4.62. The van der Waals surface area contributed by atoms with Gasteiger partial charge in [0.15, 0.2) is 0 Å². The lowest BCUT2D eigenvalue weighted by molar-refractivity contribution is 0.414. The van der Waals surface area contributed by atoms with Gasteiger partial charge in [-0.25, -0.2) is 0 Å². The highest BCUT2D eigenvalue weighted by atomic mass is 35.5.